The van der Waals surface area contributed by atoms with Gasteiger partial charge in [-0.1, -0.05) is 42.5 Å². The summed E-state index contributed by atoms with van der Waals surface area (Å²) in [5, 5.41) is 4.37. The summed E-state index contributed by atoms with van der Waals surface area (Å²) in [7, 11) is 1.94. The van der Waals surface area contributed by atoms with E-state index in [0.29, 0.717) is 6.42 Å². The van der Waals surface area contributed by atoms with Crippen molar-refractivity contribution in [3.63, 3.8) is 0 Å². The molecular weight excluding hydrogens is 425 g/mol. The normalized spacial score (nSPS) is 17.8. The Morgan fingerprint density at radius 1 is 1.17 bits per heavy atom. The van der Waals surface area contributed by atoms with E-state index in [0.717, 1.165) is 35.6 Å². The van der Waals surface area contributed by atoms with Crippen LogP contribution in [-0.4, -0.2) is 42.0 Å². The van der Waals surface area contributed by atoms with Crippen molar-refractivity contribution in [3.8, 4) is 0 Å². The summed E-state index contributed by atoms with van der Waals surface area (Å²) < 4.78 is 1.17. The molecule has 2 atom stereocenters. The number of fused-ring (bicyclic) bond motifs is 1. The minimum Gasteiger partial charge on any atom is -0.341 e. The lowest BCUT2D eigenvalue weighted by molar-refractivity contribution is -0.137. The molecule has 1 aliphatic rings. The predicted molar refractivity (Wildman–Crippen MR) is 126 cm³/mol. The second kappa shape index (κ2) is 9.90. The number of halogens is 2. The molecule has 0 spiro atoms. The summed E-state index contributed by atoms with van der Waals surface area (Å²) >= 11 is 1.69. The summed E-state index contributed by atoms with van der Waals surface area (Å²) in [5.74, 6) is 0.168. The van der Waals surface area contributed by atoms with E-state index in [1.165, 1.54) is 4.70 Å². The number of para-hydroxylation sites is 1. The van der Waals surface area contributed by atoms with Crippen LogP contribution in [0.5, 0.6) is 0 Å². The molecule has 4 rings (SSSR count). The number of nitrogens with zero attached hydrogens (tertiary/aromatic N) is 2. The van der Waals surface area contributed by atoms with Crippen molar-refractivity contribution >= 4 is 52.3 Å². The van der Waals surface area contributed by atoms with Gasteiger partial charge in [0.05, 0.1) is 20.6 Å². The number of benzene rings is 2. The summed E-state index contributed by atoms with van der Waals surface area (Å²) in [6.45, 7) is 3.91. The van der Waals surface area contributed by atoms with Crippen LogP contribution in [0.4, 0.5) is 0 Å². The molecule has 0 radical (unpaired) electrons. The van der Waals surface area contributed by atoms with Gasteiger partial charge in [0.25, 0.3) is 0 Å². The Morgan fingerprint density at radius 3 is 2.52 bits per heavy atom. The second-order valence-corrected chi connectivity index (χ2v) is 8.63. The van der Waals surface area contributed by atoms with Crippen LogP contribution >= 0.6 is 36.2 Å². The van der Waals surface area contributed by atoms with E-state index < -0.39 is 5.41 Å². The van der Waals surface area contributed by atoms with Crippen LogP contribution in [0, 0.1) is 0 Å². The van der Waals surface area contributed by atoms with Crippen molar-refractivity contribution in [2.45, 2.75) is 31.2 Å². The maximum atomic E-state index is 13.6. The van der Waals surface area contributed by atoms with Gasteiger partial charge in [0.2, 0.25) is 5.91 Å². The number of amides is 1. The number of carbonyl (C=O) groups excluding carboxylic acids is 1. The fourth-order valence-electron chi connectivity index (χ4n) is 3.93. The molecule has 4 nitrogen and oxygen atoms in total. The number of carbonyl (C=O) groups is 1. The Bertz CT molecular complexity index is 910. The second-order valence-electron chi connectivity index (χ2n) is 7.51. The van der Waals surface area contributed by atoms with Crippen LogP contribution in [-0.2, 0) is 16.6 Å². The Morgan fingerprint density at radius 2 is 1.86 bits per heavy atom. The number of hydrogen-bond acceptors (Lipinski definition) is 4. The van der Waals surface area contributed by atoms with Gasteiger partial charge in [-0.25, -0.2) is 4.98 Å². The van der Waals surface area contributed by atoms with Gasteiger partial charge in [0.1, 0.15) is 0 Å². The zero-order valence-electron chi connectivity index (χ0n) is 16.6. The number of rotatable bonds is 5. The summed E-state index contributed by atoms with van der Waals surface area (Å²) in [6.07, 6.45) is 1.62. The quantitative estimate of drug-likeness (QED) is 0.622. The predicted octanol–water partition coefficient (Wildman–Crippen LogP) is 4.46. The first-order valence-electron chi connectivity index (χ1n) is 9.46. The molecule has 1 aliphatic heterocycles. The highest BCUT2D eigenvalue weighted by Gasteiger charge is 2.40. The zero-order chi connectivity index (χ0) is 18.9. The molecule has 29 heavy (non-hydrogen) atoms. The zero-order valence-corrected chi connectivity index (χ0v) is 19.1. The topological polar surface area (TPSA) is 45.2 Å². The molecule has 2 aromatic carbocycles. The fraction of sp³-hybridized carbons (Fsp3) is 0.364. The van der Waals surface area contributed by atoms with Gasteiger partial charge in [0.15, 0.2) is 0 Å². The fourth-order valence-corrected chi connectivity index (χ4v) is 5.05. The van der Waals surface area contributed by atoms with E-state index in [9.17, 15) is 4.79 Å². The van der Waals surface area contributed by atoms with Gasteiger partial charge in [0, 0.05) is 26.1 Å². The maximum Gasteiger partial charge on any atom is 0.233 e. The van der Waals surface area contributed by atoms with E-state index >= 15 is 0 Å². The van der Waals surface area contributed by atoms with Crippen molar-refractivity contribution in [2.75, 3.05) is 20.1 Å². The number of thiazole rings is 1. The standard InChI is InChI=1S/C22H25N3OS.2ClH/c1-22(16-8-4-3-5-9-16,21(26)25(2)17-12-13-23-15-17)14-20-24-18-10-6-7-11-19(18)27-20;;/h3-11,17,23H,12-15H2,1-2H3;2*1H. The van der Waals surface area contributed by atoms with Crippen molar-refractivity contribution in [2.24, 2.45) is 0 Å². The largest absolute Gasteiger partial charge is 0.341 e. The lowest BCUT2D eigenvalue weighted by Gasteiger charge is -2.35. The molecule has 1 saturated heterocycles. The molecule has 0 saturated carbocycles. The Kier molecular flexibility index (Phi) is 8.06. The van der Waals surface area contributed by atoms with E-state index in [1.807, 2.05) is 48.3 Å². The van der Waals surface area contributed by atoms with E-state index in [-0.39, 0.29) is 36.8 Å². The molecule has 1 fully saturated rings. The van der Waals surface area contributed by atoms with Crippen LogP contribution in [0.25, 0.3) is 10.2 Å². The van der Waals surface area contributed by atoms with Crippen molar-refractivity contribution in [1.82, 2.24) is 15.2 Å². The Labute approximate surface area is 188 Å². The molecule has 0 aliphatic carbocycles. The minimum atomic E-state index is -0.632. The van der Waals surface area contributed by atoms with Gasteiger partial charge in [-0.15, -0.1) is 36.2 Å². The number of likely N-dealkylation sites (N-methyl/N-ethyl adjacent to an activating group) is 1. The highest BCUT2D eigenvalue weighted by atomic mass is 35.5. The molecule has 3 aromatic rings. The van der Waals surface area contributed by atoms with Crippen molar-refractivity contribution < 1.29 is 4.79 Å². The highest BCUT2D eigenvalue weighted by molar-refractivity contribution is 7.18. The van der Waals surface area contributed by atoms with Gasteiger partial charge >= 0.3 is 0 Å². The number of nitrogens with one attached hydrogen (secondary N) is 1. The lowest BCUT2D eigenvalue weighted by Crippen LogP contribution is -2.49. The molecule has 1 amide bonds. The van der Waals surface area contributed by atoms with E-state index in [2.05, 4.69) is 30.4 Å². The Hall–Kier alpha value is -1.66. The third-order valence-corrected chi connectivity index (χ3v) is 6.66. The highest BCUT2D eigenvalue weighted by Crippen LogP contribution is 2.34. The Balaban J connectivity index is 0.00000150. The smallest absolute Gasteiger partial charge is 0.233 e. The SMILES string of the molecule is CN(C(=O)C(C)(Cc1nc2ccccc2s1)c1ccccc1)C1CCNC1.Cl.Cl. The van der Waals surface area contributed by atoms with Crippen LogP contribution in [0.3, 0.4) is 0 Å². The van der Waals surface area contributed by atoms with Crippen molar-refractivity contribution in [1.29, 1.82) is 0 Å². The number of aromatic nitrogens is 1. The summed E-state index contributed by atoms with van der Waals surface area (Å²) in [4.78, 5) is 20.4. The van der Waals surface area contributed by atoms with Gasteiger partial charge in [-0.05, 0) is 37.6 Å². The third-order valence-electron chi connectivity index (χ3n) is 5.63. The average Bonchev–Trinajstić information content (AvgIpc) is 3.36. The van der Waals surface area contributed by atoms with Crippen LogP contribution in [0.2, 0.25) is 0 Å². The summed E-state index contributed by atoms with van der Waals surface area (Å²) in [5.41, 5.74) is 1.42. The molecule has 2 unspecified atom stereocenters. The third kappa shape index (κ3) is 4.75. The van der Waals surface area contributed by atoms with Crippen LogP contribution in [0.15, 0.2) is 54.6 Å². The minimum absolute atomic E-state index is 0. The van der Waals surface area contributed by atoms with Crippen molar-refractivity contribution in [3.05, 3.63) is 65.2 Å². The molecule has 7 heteroatoms. The van der Waals surface area contributed by atoms with E-state index in [4.69, 9.17) is 4.98 Å². The van der Waals surface area contributed by atoms with Crippen LogP contribution < -0.4 is 5.32 Å². The maximum absolute atomic E-state index is 13.6. The molecule has 156 valence electrons. The molecule has 1 N–H and O–H groups in total. The van der Waals surface area contributed by atoms with Crippen LogP contribution in [0.1, 0.15) is 23.9 Å². The first kappa shape index (κ1) is 23.6. The van der Waals surface area contributed by atoms with Gasteiger partial charge in [-0.3, -0.25) is 4.79 Å². The molecule has 0 bridgehead atoms. The molecular formula is C22H27Cl2N3OS. The van der Waals surface area contributed by atoms with Gasteiger partial charge < -0.3 is 10.2 Å². The van der Waals surface area contributed by atoms with E-state index in [1.54, 1.807) is 11.3 Å². The molecule has 1 aromatic heterocycles. The number of hydrogen-bond donors (Lipinski definition) is 1. The summed E-state index contributed by atoms with van der Waals surface area (Å²) in [6, 6.07) is 18.6. The first-order chi connectivity index (χ1) is 13.1. The first-order valence-corrected chi connectivity index (χ1v) is 10.3. The van der Waals surface area contributed by atoms with Gasteiger partial charge in [-0.2, -0.15) is 0 Å². The average molecular weight is 452 g/mol. The lowest BCUT2D eigenvalue weighted by atomic mass is 9.78. The monoisotopic (exact) mass is 451 g/mol. The molecule has 2 heterocycles.